The van der Waals surface area contributed by atoms with Crippen LogP contribution in [0.1, 0.15) is 71.6 Å². The van der Waals surface area contributed by atoms with Crippen LogP contribution in [0, 0.1) is 11.2 Å². The van der Waals surface area contributed by atoms with Crippen molar-refractivity contribution in [2.24, 2.45) is 5.41 Å². The van der Waals surface area contributed by atoms with Crippen molar-refractivity contribution >= 4 is 41.1 Å². The third kappa shape index (κ3) is 6.25. The number of carbonyl (C=O) groups is 1. The Hall–Kier alpha value is -2.25. The molecule has 6 rings (SSSR count). The normalized spacial score (nSPS) is 19.3. The van der Waals surface area contributed by atoms with E-state index >= 15 is 4.39 Å². The largest absolute Gasteiger partial charge is 0.493 e. The minimum absolute atomic E-state index is 0.0150. The third-order valence-corrected chi connectivity index (χ3v) is 9.18. The molecule has 1 unspecified atom stereocenters. The molecule has 1 heterocycles. The number of nitrogens with one attached hydrogen (secondary N) is 1. The molecule has 204 valence electrons. The molecule has 1 saturated heterocycles. The molecule has 39 heavy (non-hydrogen) atoms. The van der Waals surface area contributed by atoms with Gasteiger partial charge >= 0.3 is 0 Å². The number of hydrogen-bond donors (Lipinski definition) is 1. The van der Waals surface area contributed by atoms with E-state index in [0.717, 1.165) is 49.9 Å². The van der Waals surface area contributed by atoms with Gasteiger partial charge in [0, 0.05) is 39.9 Å². The summed E-state index contributed by atoms with van der Waals surface area (Å²) in [4.78, 5) is 15.0. The topological polar surface area (TPSA) is 41.6 Å². The highest BCUT2D eigenvalue weighted by molar-refractivity contribution is 7.98. The molecule has 2 saturated carbocycles. The SMILES string of the molecule is CC1(COc2cc(F)c(C(=O)NSC3CC3)cc2C2CC2)CN(C(c2ccccc2)c2cc(Cl)cc(Cl)c2)C1. The fourth-order valence-electron chi connectivity index (χ4n) is 5.40. The monoisotopic (exact) mass is 584 g/mol. The van der Waals surface area contributed by atoms with Gasteiger partial charge in [-0.15, -0.1) is 0 Å². The summed E-state index contributed by atoms with van der Waals surface area (Å²) in [5.41, 5.74) is 3.15. The summed E-state index contributed by atoms with van der Waals surface area (Å²) < 4.78 is 24.2. The number of benzene rings is 3. The van der Waals surface area contributed by atoms with Crippen molar-refractivity contribution in [1.82, 2.24) is 9.62 Å². The van der Waals surface area contributed by atoms with E-state index in [1.807, 2.05) is 30.3 Å². The Kier molecular flexibility index (Phi) is 7.58. The first-order valence-corrected chi connectivity index (χ1v) is 15.1. The van der Waals surface area contributed by atoms with Gasteiger partial charge in [0.25, 0.3) is 5.91 Å². The number of ether oxygens (including phenoxy) is 1. The molecule has 0 radical (unpaired) electrons. The van der Waals surface area contributed by atoms with Gasteiger partial charge in [-0.2, -0.15) is 0 Å². The van der Waals surface area contributed by atoms with Crippen molar-refractivity contribution in [2.45, 2.75) is 49.8 Å². The second-order valence-electron chi connectivity index (χ2n) is 11.4. The average Bonchev–Trinajstić information content (AvgIpc) is 3.80. The number of hydrogen-bond acceptors (Lipinski definition) is 4. The van der Waals surface area contributed by atoms with Gasteiger partial charge in [-0.3, -0.25) is 14.4 Å². The molecule has 2 aliphatic carbocycles. The Morgan fingerprint density at radius 2 is 1.74 bits per heavy atom. The maximum atomic E-state index is 15.0. The van der Waals surface area contributed by atoms with Crippen LogP contribution in [0.5, 0.6) is 5.75 Å². The molecule has 0 aromatic heterocycles. The van der Waals surface area contributed by atoms with Crippen LogP contribution in [-0.2, 0) is 0 Å². The Bertz CT molecular complexity index is 1350. The molecule has 1 amide bonds. The number of rotatable bonds is 10. The maximum absolute atomic E-state index is 15.0. The van der Waals surface area contributed by atoms with Crippen molar-refractivity contribution in [1.29, 1.82) is 0 Å². The Morgan fingerprint density at radius 3 is 2.38 bits per heavy atom. The predicted molar refractivity (Wildman–Crippen MR) is 156 cm³/mol. The predicted octanol–water partition coefficient (Wildman–Crippen LogP) is 8.04. The van der Waals surface area contributed by atoms with Crippen molar-refractivity contribution in [2.75, 3.05) is 19.7 Å². The van der Waals surface area contributed by atoms with Crippen molar-refractivity contribution < 1.29 is 13.9 Å². The van der Waals surface area contributed by atoms with Crippen LogP contribution >= 0.6 is 35.1 Å². The molecule has 3 aromatic carbocycles. The van der Waals surface area contributed by atoms with Crippen molar-refractivity contribution in [3.05, 3.63) is 98.8 Å². The Morgan fingerprint density at radius 1 is 1.05 bits per heavy atom. The van der Waals surface area contributed by atoms with E-state index < -0.39 is 5.82 Å². The molecule has 3 fully saturated rings. The van der Waals surface area contributed by atoms with Gasteiger partial charge in [-0.05, 0) is 84.5 Å². The van der Waals surface area contributed by atoms with E-state index in [9.17, 15) is 4.79 Å². The van der Waals surface area contributed by atoms with Crippen LogP contribution < -0.4 is 9.46 Å². The summed E-state index contributed by atoms with van der Waals surface area (Å²) in [5, 5.41) is 1.69. The fraction of sp³-hybridized carbons (Fsp3) is 0.387. The van der Waals surface area contributed by atoms with E-state index in [-0.39, 0.29) is 22.9 Å². The Balaban J connectivity index is 1.16. The summed E-state index contributed by atoms with van der Waals surface area (Å²) >= 11 is 14.1. The molecule has 1 atom stereocenters. The summed E-state index contributed by atoms with van der Waals surface area (Å²) in [6, 6.07) is 19.2. The van der Waals surface area contributed by atoms with Crippen molar-refractivity contribution in [3.63, 3.8) is 0 Å². The number of halogens is 3. The van der Waals surface area contributed by atoms with Gasteiger partial charge < -0.3 is 4.74 Å². The van der Waals surface area contributed by atoms with Crippen LogP contribution in [0.3, 0.4) is 0 Å². The second kappa shape index (κ2) is 11.0. The smallest absolute Gasteiger partial charge is 0.264 e. The third-order valence-electron chi connectivity index (χ3n) is 7.63. The zero-order chi connectivity index (χ0) is 27.1. The first-order chi connectivity index (χ1) is 18.8. The minimum Gasteiger partial charge on any atom is -0.493 e. The van der Waals surface area contributed by atoms with Crippen molar-refractivity contribution in [3.8, 4) is 5.75 Å². The van der Waals surface area contributed by atoms with E-state index in [2.05, 4.69) is 28.7 Å². The van der Waals surface area contributed by atoms with Gasteiger partial charge in [0.05, 0.1) is 18.2 Å². The number of amides is 1. The molecule has 0 spiro atoms. The molecule has 3 aromatic rings. The lowest BCUT2D eigenvalue weighted by molar-refractivity contribution is -0.0379. The quantitative estimate of drug-likeness (QED) is 0.245. The van der Waals surface area contributed by atoms with E-state index in [4.69, 9.17) is 27.9 Å². The molecular weight excluding hydrogens is 554 g/mol. The van der Waals surface area contributed by atoms with E-state index in [1.54, 1.807) is 12.1 Å². The highest BCUT2D eigenvalue weighted by atomic mass is 35.5. The number of nitrogens with zero attached hydrogens (tertiary/aromatic N) is 1. The first-order valence-electron chi connectivity index (χ1n) is 13.5. The van der Waals surface area contributed by atoms with Crippen LogP contribution in [0.2, 0.25) is 10.0 Å². The fourth-order valence-corrected chi connectivity index (χ4v) is 6.70. The molecule has 8 heteroatoms. The lowest BCUT2D eigenvalue weighted by atomic mass is 9.79. The summed E-state index contributed by atoms with van der Waals surface area (Å²) in [6.07, 6.45) is 4.27. The highest BCUT2D eigenvalue weighted by Gasteiger charge is 2.44. The number of carbonyl (C=O) groups excluding carboxylic acids is 1. The second-order valence-corrected chi connectivity index (χ2v) is 13.4. The summed E-state index contributed by atoms with van der Waals surface area (Å²) in [5.74, 6) is -0.0237. The van der Waals surface area contributed by atoms with Crippen LogP contribution in [-0.4, -0.2) is 35.8 Å². The zero-order valence-electron chi connectivity index (χ0n) is 21.8. The molecule has 4 nitrogen and oxygen atoms in total. The van der Waals surface area contributed by atoms with E-state index in [0.29, 0.717) is 33.6 Å². The first kappa shape index (κ1) is 26.9. The lowest BCUT2D eigenvalue weighted by Gasteiger charge is -2.51. The van der Waals surface area contributed by atoms with Crippen LogP contribution in [0.4, 0.5) is 4.39 Å². The van der Waals surface area contributed by atoms with Gasteiger partial charge in [-0.1, -0.05) is 60.5 Å². The van der Waals surface area contributed by atoms with Crippen LogP contribution in [0.25, 0.3) is 0 Å². The lowest BCUT2D eigenvalue weighted by Crippen LogP contribution is -2.58. The summed E-state index contributed by atoms with van der Waals surface area (Å²) in [6.45, 7) is 4.26. The number of likely N-dealkylation sites (tertiary alicyclic amines) is 1. The van der Waals surface area contributed by atoms with Gasteiger partial charge in [0.1, 0.15) is 11.6 Å². The molecule has 1 N–H and O–H groups in total. The maximum Gasteiger partial charge on any atom is 0.264 e. The molecular formula is C31H31Cl2FN2O2S. The molecule has 3 aliphatic rings. The van der Waals surface area contributed by atoms with Crippen LogP contribution in [0.15, 0.2) is 60.7 Å². The van der Waals surface area contributed by atoms with Gasteiger partial charge in [0.15, 0.2) is 0 Å². The van der Waals surface area contributed by atoms with E-state index in [1.165, 1.54) is 23.6 Å². The van der Waals surface area contributed by atoms with Gasteiger partial charge in [0.2, 0.25) is 0 Å². The molecule has 0 bridgehead atoms. The molecule has 1 aliphatic heterocycles. The minimum atomic E-state index is -0.536. The zero-order valence-corrected chi connectivity index (χ0v) is 24.1. The Labute approximate surface area is 243 Å². The average molecular weight is 586 g/mol. The van der Waals surface area contributed by atoms with Gasteiger partial charge in [-0.25, -0.2) is 4.39 Å². The highest BCUT2D eigenvalue weighted by Crippen LogP contribution is 2.46. The summed E-state index contributed by atoms with van der Waals surface area (Å²) in [7, 11) is 0. The standard InChI is InChI=1S/C31H31Cl2FN2O2S/c1-31(16-36(17-31)29(20-5-3-2-4-6-20)21-11-22(32)13-23(33)12-21)18-38-28-15-27(34)26(14-25(28)19-7-8-19)30(37)35-39-24-9-10-24/h2-6,11-15,19,24,29H,7-10,16-18H2,1H3,(H,35,37).